The number of fused-ring (bicyclic) bond motifs is 5. The zero-order chi connectivity index (χ0) is 27.7. The van der Waals surface area contributed by atoms with E-state index in [0.717, 1.165) is 58.0 Å². The molecule has 1 amide bonds. The van der Waals surface area contributed by atoms with Crippen molar-refractivity contribution < 1.29 is 13.9 Å². The molecule has 4 unspecified atom stereocenters. The van der Waals surface area contributed by atoms with Gasteiger partial charge in [0.1, 0.15) is 0 Å². The van der Waals surface area contributed by atoms with Gasteiger partial charge >= 0.3 is 5.63 Å². The fourth-order valence-corrected chi connectivity index (χ4v) is 11.5. The molecule has 1 aromatic rings. The van der Waals surface area contributed by atoms with Gasteiger partial charge in [-0.2, -0.15) is 0 Å². The number of carbonyl (C=O) groups is 1. The minimum Gasteiger partial charge on any atom is -0.431 e. The number of nitrogens with two attached hydrogens (primary N) is 1. The summed E-state index contributed by atoms with van der Waals surface area (Å²) in [6.07, 6.45) is 13.8. The Labute approximate surface area is 234 Å². The summed E-state index contributed by atoms with van der Waals surface area (Å²) >= 11 is 0. The Morgan fingerprint density at radius 2 is 1.77 bits per heavy atom. The molecular formula is C33H50N2O4. The van der Waals surface area contributed by atoms with Crippen molar-refractivity contribution >= 4 is 5.91 Å². The molecule has 2 N–H and O–H groups in total. The number of ether oxygens (including phenoxy) is 1. The maximum Gasteiger partial charge on any atom is 0.335 e. The van der Waals surface area contributed by atoms with Crippen LogP contribution in [0, 0.1) is 33.5 Å². The van der Waals surface area contributed by atoms with Crippen molar-refractivity contribution in [3.05, 3.63) is 34.4 Å². The molecule has 0 aromatic carbocycles. The van der Waals surface area contributed by atoms with Crippen LogP contribution < -0.4 is 11.4 Å². The standard InChI is InChI=1S/C33H50N2O4/c1-5-32-13-9-25-20-23(21-27(36)35-16-18-38-19-17-35)8-11-29(25,2)33(32,34)15-14-30(3)26(10-12-31(30,32)4)24-6-7-28(37)39-22-24/h6-7,22-23,25-26H,5,8-21,34H2,1-4H3/t23-,25?,26+,29?,30?,31-,32?,33-/m0/s1. The molecule has 2 heterocycles. The second-order valence-corrected chi connectivity index (χ2v) is 14.6. The Bertz CT molecular complexity index is 1140. The summed E-state index contributed by atoms with van der Waals surface area (Å²) in [5.41, 5.74) is 9.05. The van der Waals surface area contributed by atoms with Crippen LogP contribution >= 0.6 is 0 Å². The summed E-state index contributed by atoms with van der Waals surface area (Å²) in [5, 5.41) is 0. The molecule has 0 spiro atoms. The second-order valence-electron chi connectivity index (χ2n) is 14.6. The van der Waals surface area contributed by atoms with Gasteiger partial charge in [0.25, 0.3) is 0 Å². The lowest BCUT2D eigenvalue weighted by molar-refractivity contribution is -0.231. The van der Waals surface area contributed by atoms with Crippen molar-refractivity contribution in [1.29, 1.82) is 0 Å². The topological polar surface area (TPSA) is 85.8 Å². The summed E-state index contributed by atoms with van der Waals surface area (Å²) in [6, 6.07) is 3.60. The number of nitrogens with zero attached hydrogens (tertiary/aromatic N) is 1. The van der Waals surface area contributed by atoms with Crippen LogP contribution in [0.3, 0.4) is 0 Å². The SMILES string of the molecule is CCC12CCC3C[C@@H](CC(=O)N4CCOCC4)CCC3(C)[C@@]1(N)CCC1(C)[C@@H](c3ccc(=O)oc3)CC[C@@]12C. The van der Waals surface area contributed by atoms with Crippen molar-refractivity contribution in [2.75, 3.05) is 26.3 Å². The van der Waals surface area contributed by atoms with Gasteiger partial charge in [-0.3, -0.25) is 4.79 Å². The van der Waals surface area contributed by atoms with Crippen LogP contribution in [0.15, 0.2) is 27.6 Å². The number of carbonyl (C=O) groups excluding carboxylic acids is 1. The zero-order valence-electron chi connectivity index (χ0n) is 24.7. The van der Waals surface area contributed by atoms with Crippen LogP contribution in [0.25, 0.3) is 0 Å². The Morgan fingerprint density at radius 3 is 2.46 bits per heavy atom. The summed E-state index contributed by atoms with van der Waals surface area (Å²) in [4.78, 5) is 26.8. The first-order valence-corrected chi connectivity index (χ1v) is 15.8. The lowest BCUT2D eigenvalue weighted by Crippen LogP contribution is -2.77. The van der Waals surface area contributed by atoms with E-state index in [9.17, 15) is 9.59 Å². The van der Waals surface area contributed by atoms with Crippen LogP contribution in [0.2, 0.25) is 0 Å². The zero-order valence-corrected chi connectivity index (χ0v) is 24.7. The van der Waals surface area contributed by atoms with E-state index >= 15 is 0 Å². The van der Waals surface area contributed by atoms with E-state index in [0.29, 0.717) is 43.3 Å². The molecule has 6 nitrogen and oxygen atoms in total. The largest absolute Gasteiger partial charge is 0.431 e. The smallest absolute Gasteiger partial charge is 0.335 e. The highest BCUT2D eigenvalue weighted by Gasteiger charge is 2.76. The van der Waals surface area contributed by atoms with E-state index in [1.165, 1.54) is 24.8 Å². The summed E-state index contributed by atoms with van der Waals surface area (Å²) < 4.78 is 10.8. The molecule has 1 aromatic heterocycles. The molecule has 5 aliphatic rings. The van der Waals surface area contributed by atoms with Gasteiger partial charge in [-0.25, -0.2) is 4.79 Å². The van der Waals surface area contributed by atoms with E-state index in [1.807, 2.05) is 11.0 Å². The lowest BCUT2D eigenvalue weighted by atomic mass is 9.31. The normalized spacial score (nSPS) is 45.8. The van der Waals surface area contributed by atoms with Crippen molar-refractivity contribution in [3.8, 4) is 0 Å². The summed E-state index contributed by atoms with van der Waals surface area (Å²) in [6.45, 7) is 12.9. The van der Waals surface area contributed by atoms with E-state index in [-0.39, 0.29) is 32.8 Å². The Morgan fingerprint density at radius 1 is 1.00 bits per heavy atom. The third-order valence-corrected chi connectivity index (χ3v) is 14.0. The van der Waals surface area contributed by atoms with Gasteiger partial charge < -0.3 is 19.8 Å². The van der Waals surface area contributed by atoms with Crippen molar-refractivity contribution in [3.63, 3.8) is 0 Å². The lowest BCUT2D eigenvalue weighted by Gasteiger charge is -2.75. The predicted molar refractivity (Wildman–Crippen MR) is 152 cm³/mol. The van der Waals surface area contributed by atoms with Gasteiger partial charge in [0, 0.05) is 31.1 Å². The monoisotopic (exact) mass is 538 g/mol. The van der Waals surface area contributed by atoms with Crippen LogP contribution in [0.1, 0.15) is 110 Å². The van der Waals surface area contributed by atoms with Gasteiger partial charge in [0.05, 0.1) is 19.5 Å². The number of hydrogen-bond donors (Lipinski definition) is 1. The molecule has 4 aliphatic carbocycles. The van der Waals surface area contributed by atoms with Gasteiger partial charge in [0.2, 0.25) is 5.91 Å². The van der Waals surface area contributed by atoms with Crippen LogP contribution in [-0.4, -0.2) is 42.6 Å². The highest BCUT2D eigenvalue weighted by Crippen LogP contribution is 2.80. The van der Waals surface area contributed by atoms with E-state index in [1.54, 1.807) is 12.3 Å². The second kappa shape index (κ2) is 9.44. The molecular weight excluding hydrogens is 488 g/mol. The third-order valence-electron chi connectivity index (χ3n) is 14.0. The Kier molecular flexibility index (Phi) is 6.66. The fourth-order valence-electron chi connectivity index (χ4n) is 11.5. The van der Waals surface area contributed by atoms with Crippen molar-refractivity contribution in [2.45, 2.75) is 110 Å². The van der Waals surface area contributed by atoms with E-state index in [4.69, 9.17) is 14.9 Å². The number of amides is 1. The Balaban J connectivity index is 1.27. The van der Waals surface area contributed by atoms with Crippen LogP contribution in [0.5, 0.6) is 0 Å². The van der Waals surface area contributed by atoms with E-state index < -0.39 is 0 Å². The van der Waals surface area contributed by atoms with Gasteiger partial charge in [0.15, 0.2) is 0 Å². The third kappa shape index (κ3) is 3.65. The molecule has 6 heteroatoms. The number of morpholine rings is 1. The van der Waals surface area contributed by atoms with E-state index in [2.05, 4.69) is 27.7 Å². The van der Waals surface area contributed by atoms with Crippen molar-refractivity contribution in [1.82, 2.24) is 4.90 Å². The number of hydrogen-bond acceptors (Lipinski definition) is 5. The molecule has 0 bridgehead atoms. The first-order chi connectivity index (χ1) is 18.5. The summed E-state index contributed by atoms with van der Waals surface area (Å²) in [5.74, 6) is 1.78. The predicted octanol–water partition coefficient (Wildman–Crippen LogP) is 5.88. The number of rotatable bonds is 4. The molecule has 39 heavy (non-hydrogen) atoms. The molecule has 6 rings (SSSR count). The highest BCUT2D eigenvalue weighted by atomic mass is 16.5. The minimum atomic E-state index is -0.271. The highest BCUT2D eigenvalue weighted by molar-refractivity contribution is 5.76. The van der Waals surface area contributed by atoms with Gasteiger partial charge in [-0.15, -0.1) is 0 Å². The van der Waals surface area contributed by atoms with Crippen molar-refractivity contribution in [2.24, 2.45) is 39.2 Å². The summed E-state index contributed by atoms with van der Waals surface area (Å²) in [7, 11) is 0. The van der Waals surface area contributed by atoms with Gasteiger partial charge in [-0.05, 0) is 115 Å². The first kappa shape index (κ1) is 27.5. The fraction of sp³-hybridized carbons (Fsp3) is 0.818. The average Bonchev–Trinajstić information content (AvgIpc) is 3.22. The molecule has 4 saturated carbocycles. The molecule has 5 fully saturated rings. The minimum absolute atomic E-state index is 0.0824. The van der Waals surface area contributed by atoms with Gasteiger partial charge in [-0.1, -0.05) is 27.7 Å². The van der Waals surface area contributed by atoms with Crippen LogP contribution in [0.4, 0.5) is 0 Å². The average molecular weight is 539 g/mol. The molecule has 0 radical (unpaired) electrons. The quantitative estimate of drug-likeness (QED) is 0.517. The molecule has 1 aliphatic heterocycles. The maximum absolute atomic E-state index is 13.1. The first-order valence-electron chi connectivity index (χ1n) is 15.8. The molecule has 1 saturated heterocycles. The molecule has 8 atom stereocenters. The Hall–Kier alpha value is -1.66. The van der Waals surface area contributed by atoms with Crippen LogP contribution in [-0.2, 0) is 9.53 Å². The molecule has 216 valence electrons. The maximum atomic E-state index is 13.1.